The van der Waals surface area contributed by atoms with E-state index in [4.69, 9.17) is 0 Å². The summed E-state index contributed by atoms with van der Waals surface area (Å²) < 4.78 is 26.7. The third-order valence-electron chi connectivity index (χ3n) is 5.25. The van der Waals surface area contributed by atoms with Gasteiger partial charge in [0.05, 0.1) is 5.75 Å². The van der Waals surface area contributed by atoms with Crippen molar-refractivity contribution in [2.24, 2.45) is 17.8 Å². The third kappa shape index (κ3) is 2.75. The number of fused-ring (bicyclic) bond motifs is 1. The molecule has 2 heterocycles. The van der Waals surface area contributed by atoms with Crippen LogP contribution >= 0.6 is 0 Å². The summed E-state index contributed by atoms with van der Waals surface area (Å²) >= 11 is 0. The summed E-state index contributed by atoms with van der Waals surface area (Å²) in [7, 11) is -3.05. The molecule has 2 saturated heterocycles. The fourth-order valence-corrected chi connectivity index (χ4v) is 5.69. The highest BCUT2D eigenvalue weighted by atomic mass is 32.2. The molecular formula is C14H27N3O2S. The normalized spacial score (nSPS) is 36.0. The van der Waals surface area contributed by atoms with Crippen molar-refractivity contribution in [1.82, 2.24) is 14.5 Å². The lowest BCUT2D eigenvalue weighted by Crippen LogP contribution is -2.55. The number of hydrogen-bond donors (Lipinski definition) is 1. The van der Waals surface area contributed by atoms with E-state index in [0.717, 1.165) is 26.2 Å². The molecule has 3 fully saturated rings. The van der Waals surface area contributed by atoms with Crippen LogP contribution in [0, 0.1) is 17.8 Å². The van der Waals surface area contributed by atoms with E-state index in [1.165, 1.54) is 0 Å². The van der Waals surface area contributed by atoms with Crippen LogP contribution in [0.5, 0.6) is 0 Å². The van der Waals surface area contributed by atoms with Gasteiger partial charge in [0, 0.05) is 31.7 Å². The van der Waals surface area contributed by atoms with Gasteiger partial charge < -0.3 is 5.32 Å². The number of rotatable bonds is 3. The fraction of sp³-hybridized carbons (Fsp3) is 1.00. The molecule has 1 unspecified atom stereocenters. The van der Waals surface area contributed by atoms with Crippen molar-refractivity contribution in [3.63, 3.8) is 0 Å². The summed E-state index contributed by atoms with van der Waals surface area (Å²) in [5.41, 5.74) is 0.134. The van der Waals surface area contributed by atoms with Crippen LogP contribution in [0.25, 0.3) is 0 Å². The number of hydrogen-bond acceptors (Lipinski definition) is 4. The van der Waals surface area contributed by atoms with Crippen molar-refractivity contribution >= 4 is 10.0 Å². The van der Waals surface area contributed by atoms with Crippen LogP contribution in [0.3, 0.4) is 0 Å². The molecule has 0 bridgehead atoms. The molecule has 1 aliphatic carbocycles. The molecule has 0 spiro atoms. The number of nitrogens with one attached hydrogen (secondary N) is 1. The van der Waals surface area contributed by atoms with Crippen molar-refractivity contribution in [3.8, 4) is 0 Å². The van der Waals surface area contributed by atoms with E-state index in [9.17, 15) is 8.42 Å². The van der Waals surface area contributed by atoms with Crippen molar-refractivity contribution < 1.29 is 8.42 Å². The number of piperazine rings is 1. The van der Waals surface area contributed by atoms with E-state index >= 15 is 0 Å². The van der Waals surface area contributed by atoms with E-state index in [1.54, 1.807) is 4.31 Å². The lowest BCUT2D eigenvalue weighted by molar-refractivity contribution is 0.0921. The molecule has 3 aliphatic rings. The molecule has 1 N–H and O–H groups in total. The number of nitrogens with zero attached hydrogens (tertiary/aromatic N) is 2. The molecule has 116 valence electrons. The third-order valence-corrected chi connectivity index (χ3v) is 7.21. The molecule has 6 heteroatoms. The molecule has 0 radical (unpaired) electrons. The number of sulfonamides is 1. The van der Waals surface area contributed by atoms with Gasteiger partial charge in [-0.25, -0.2) is 8.42 Å². The molecule has 20 heavy (non-hydrogen) atoms. The molecule has 5 nitrogen and oxygen atoms in total. The summed E-state index contributed by atoms with van der Waals surface area (Å²) in [4.78, 5) is 2.37. The van der Waals surface area contributed by atoms with Gasteiger partial charge in [-0.1, -0.05) is 0 Å². The zero-order valence-electron chi connectivity index (χ0n) is 12.8. The average Bonchev–Trinajstić information content (AvgIpc) is 2.82. The van der Waals surface area contributed by atoms with E-state index in [1.807, 2.05) is 0 Å². The lowest BCUT2D eigenvalue weighted by Gasteiger charge is -2.41. The van der Waals surface area contributed by atoms with E-state index in [2.05, 4.69) is 31.0 Å². The molecule has 3 rings (SSSR count). The zero-order chi connectivity index (χ0) is 14.5. The first kappa shape index (κ1) is 14.8. The van der Waals surface area contributed by atoms with Gasteiger partial charge >= 0.3 is 0 Å². The average molecular weight is 301 g/mol. The first-order valence-electron chi connectivity index (χ1n) is 7.72. The van der Waals surface area contributed by atoms with Crippen molar-refractivity contribution in [3.05, 3.63) is 0 Å². The Morgan fingerprint density at radius 2 is 1.60 bits per heavy atom. The van der Waals surface area contributed by atoms with Crippen molar-refractivity contribution in [2.75, 3.05) is 45.0 Å². The maximum absolute atomic E-state index is 12.5. The van der Waals surface area contributed by atoms with Gasteiger partial charge in [0.1, 0.15) is 0 Å². The van der Waals surface area contributed by atoms with Gasteiger partial charge in [0.2, 0.25) is 10.0 Å². The highest BCUT2D eigenvalue weighted by Crippen LogP contribution is 2.49. The predicted molar refractivity (Wildman–Crippen MR) is 80.0 cm³/mol. The molecular weight excluding hydrogens is 274 g/mol. The summed E-state index contributed by atoms with van der Waals surface area (Å²) in [5.74, 6) is 2.04. The zero-order valence-corrected chi connectivity index (χ0v) is 13.6. The minimum atomic E-state index is -3.05. The van der Waals surface area contributed by atoms with Gasteiger partial charge in [0.15, 0.2) is 0 Å². The molecule has 0 aromatic rings. The maximum Gasteiger partial charge on any atom is 0.214 e. The lowest BCUT2D eigenvalue weighted by atomic mass is 10.1. The summed E-state index contributed by atoms with van der Waals surface area (Å²) in [6.45, 7) is 11.6. The van der Waals surface area contributed by atoms with E-state index < -0.39 is 10.0 Å². The Kier molecular flexibility index (Phi) is 3.64. The topological polar surface area (TPSA) is 52.7 Å². The molecule has 3 atom stereocenters. The Labute approximate surface area is 122 Å². The van der Waals surface area contributed by atoms with Crippen LogP contribution < -0.4 is 5.32 Å². The largest absolute Gasteiger partial charge is 0.316 e. The first-order valence-corrected chi connectivity index (χ1v) is 9.33. The molecule has 1 saturated carbocycles. The van der Waals surface area contributed by atoms with Gasteiger partial charge in [0.25, 0.3) is 0 Å². The minimum Gasteiger partial charge on any atom is -0.316 e. The Bertz CT molecular complexity index is 453. The highest BCUT2D eigenvalue weighted by molar-refractivity contribution is 7.89. The maximum atomic E-state index is 12.5. The van der Waals surface area contributed by atoms with Gasteiger partial charge in [-0.15, -0.1) is 0 Å². The van der Waals surface area contributed by atoms with Crippen molar-refractivity contribution in [1.29, 1.82) is 0 Å². The smallest absolute Gasteiger partial charge is 0.214 e. The SMILES string of the molecule is CC(C)(C)N1CCN(S(=O)(=O)CC2[C@H]3CNC[C@@H]23)CC1. The van der Waals surface area contributed by atoms with Gasteiger partial charge in [-0.05, 0) is 51.6 Å². The van der Waals surface area contributed by atoms with Gasteiger partial charge in [-0.2, -0.15) is 4.31 Å². The van der Waals surface area contributed by atoms with Crippen LogP contribution in [0.4, 0.5) is 0 Å². The first-order chi connectivity index (χ1) is 9.29. The fourth-order valence-electron chi connectivity index (χ4n) is 3.78. The second kappa shape index (κ2) is 4.93. The highest BCUT2D eigenvalue weighted by Gasteiger charge is 2.54. The summed E-state index contributed by atoms with van der Waals surface area (Å²) in [6, 6.07) is 0. The van der Waals surface area contributed by atoms with Gasteiger partial charge in [-0.3, -0.25) is 4.90 Å². The standard InChI is InChI=1S/C14H27N3O2S/c1-14(2,3)16-4-6-17(7-5-16)20(18,19)10-13-11-8-15-9-12(11)13/h11-13,15H,4-10H2,1-3H3/t11-,12+,13?. The van der Waals surface area contributed by atoms with Crippen LogP contribution in [-0.2, 0) is 10.0 Å². The van der Waals surface area contributed by atoms with Crippen molar-refractivity contribution in [2.45, 2.75) is 26.3 Å². The summed E-state index contributed by atoms with van der Waals surface area (Å²) in [6.07, 6.45) is 0. The molecule has 0 amide bonds. The Morgan fingerprint density at radius 1 is 1.05 bits per heavy atom. The van der Waals surface area contributed by atoms with Crippen LogP contribution in [-0.4, -0.2) is 68.2 Å². The Morgan fingerprint density at radius 3 is 2.10 bits per heavy atom. The quantitative estimate of drug-likeness (QED) is 0.809. The summed E-state index contributed by atoms with van der Waals surface area (Å²) in [5, 5.41) is 3.32. The van der Waals surface area contributed by atoms with Crippen LogP contribution in [0.1, 0.15) is 20.8 Å². The predicted octanol–water partition coefficient (Wildman–Crippen LogP) is 0.198. The monoisotopic (exact) mass is 301 g/mol. The number of piperidine rings is 1. The van der Waals surface area contributed by atoms with E-state index in [0.29, 0.717) is 36.6 Å². The Hall–Kier alpha value is -0.170. The second-order valence-corrected chi connectivity index (χ2v) is 9.50. The van der Waals surface area contributed by atoms with Crippen LogP contribution in [0.15, 0.2) is 0 Å². The second-order valence-electron chi connectivity index (χ2n) is 7.49. The molecule has 0 aromatic heterocycles. The van der Waals surface area contributed by atoms with E-state index in [-0.39, 0.29) is 5.54 Å². The minimum absolute atomic E-state index is 0.134. The van der Waals surface area contributed by atoms with Crippen LogP contribution in [0.2, 0.25) is 0 Å². The molecule has 0 aromatic carbocycles. The Balaban J connectivity index is 1.54. The molecule has 2 aliphatic heterocycles.